The van der Waals surface area contributed by atoms with Gasteiger partial charge in [0.2, 0.25) is 15.9 Å². The number of sulfonamides is 1. The van der Waals surface area contributed by atoms with E-state index < -0.39 is 22.5 Å². The quantitative estimate of drug-likeness (QED) is 0.793. The second-order valence-electron chi connectivity index (χ2n) is 6.08. The molecule has 0 radical (unpaired) electrons. The van der Waals surface area contributed by atoms with Gasteiger partial charge in [-0.3, -0.25) is 13.9 Å². The highest BCUT2D eigenvalue weighted by atomic mass is 35.5. The van der Waals surface area contributed by atoms with Crippen molar-refractivity contribution in [3.8, 4) is 0 Å². The summed E-state index contributed by atoms with van der Waals surface area (Å²) in [7, 11) is -0.447. The lowest BCUT2D eigenvalue weighted by atomic mass is 10.2. The van der Waals surface area contributed by atoms with E-state index in [1.54, 1.807) is 50.5 Å². The first-order valence-electron chi connectivity index (χ1n) is 7.93. The third-order valence-electron chi connectivity index (χ3n) is 3.58. The van der Waals surface area contributed by atoms with E-state index in [4.69, 9.17) is 11.6 Å². The Labute approximate surface area is 163 Å². The molecule has 2 amide bonds. The lowest BCUT2D eigenvalue weighted by molar-refractivity contribution is -0.114. The highest BCUT2D eigenvalue weighted by Gasteiger charge is 2.21. The van der Waals surface area contributed by atoms with E-state index >= 15 is 0 Å². The van der Waals surface area contributed by atoms with Crippen molar-refractivity contribution in [2.24, 2.45) is 0 Å². The Morgan fingerprint density at radius 1 is 1.07 bits per heavy atom. The number of anilines is 2. The Hall–Kier alpha value is -2.58. The Morgan fingerprint density at radius 3 is 2.33 bits per heavy atom. The molecule has 1 N–H and O–H groups in total. The van der Waals surface area contributed by atoms with Crippen molar-refractivity contribution in [2.45, 2.75) is 0 Å². The Morgan fingerprint density at radius 2 is 1.74 bits per heavy atom. The van der Waals surface area contributed by atoms with Crippen molar-refractivity contribution >= 4 is 44.8 Å². The molecule has 0 aliphatic rings. The molecule has 7 nitrogen and oxygen atoms in total. The second-order valence-corrected chi connectivity index (χ2v) is 8.42. The first-order valence-corrected chi connectivity index (χ1v) is 10.2. The van der Waals surface area contributed by atoms with Crippen LogP contribution >= 0.6 is 11.6 Å². The van der Waals surface area contributed by atoms with Gasteiger partial charge in [0.05, 0.1) is 11.9 Å². The maximum absolute atomic E-state index is 12.4. The van der Waals surface area contributed by atoms with Crippen LogP contribution < -0.4 is 9.62 Å². The van der Waals surface area contributed by atoms with Crippen molar-refractivity contribution in [1.29, 1.82) is 0 Å². The molecule has 0 heterocycles. The highest BCUT2D eigenvalue weighted by Crippen LogP contribution is 2.22. The minimum Gasteiger partial charge on any atom is -0.345 e. The van der Waals surface area contributed by atoms with E-state index in [1.165, 1.54) is 17.0 Å². The molecule has 0 aliphatic carbocycles. The van der Waals surface area contributed by atoms with Gasteiger partial charge in [0.15, 0.2) is 0 Å². The van der Waals surface area contributed by atoms with Crippen LogP contribution in [0.25, 0.3) is 0 Å². The highest BCUT2D eigenvalue weighted by molar-refractivity contribution is 7.92. The van der Waals surface area contributed by atoms with Crippen molar-refractivity contribution in [3.63, 3.8) is 0 Å². The van der Waals surface area contributed by atoms with Crippen LogP contribution in [0.2, 0.25) is 5.02 Å². The summed E-state index contributed by atoms with van der Waals surface area (Å²) in [6.45, 7) is -0.426. The molecule has 0 atom stereocenters. The fourth-order valence-electron chi connectivity index (χ4n) is 2.35. The summed E-state index contributed by atoms with van der Waals surface area (Å²) in [6, 6.07) is 12.6. The van der Waals surface area contributed by atoms with Crippen LogP contribution in [0, 0.1) is 0 Å². The van der Waals surface area contributed by atoms with Crippen LogP contribution in [0.5, 0.6) is 0 Å². The van der Waals surface area contributed by atoms with Crippen molar-refractivity contribution in [1.82, 2.24) is 4.90 Å². The fraction of sp³-hybridized carbons (Fsp3) is 0.222. The van der Waals surface area contributed by atoms with E-state index in [0.717, 1.165) is 10.6 Å². The summed E-state index contributed by atoms with van der Waals surface area (Å²) in [5.41, 5.74) is 1.09. The molecule has 2 rings (SSSR count). The molecular formula is C18H20ClN3O4S. The number of nitrogens with zero attached hydrogens (tertiary/aromatic N) is 2. The number of carbonyl (C=O) groups is 2. The first kappa shape index (κ1) is 20.7. The van der Waals surface area contributed by atoms with Gasteiger partial charge in [0, 0.05) is 30.4 Å². The van der Waals surface area contributed by atoms with Gasteiger partial charge in [-0.05, 0) is 36.4 Å². The number of halogens is 1. The zero-order valence-electron chi connectivity index (χ0n) is 15.1. The van der Waals surface area contributed by atoms with Crippen molar-refractivity contribution in [3.05, 3.63) is 59.1 Å². The van der Waals surface area contributed by atoms with E-state index in [-0.39, 0.29) is 11.6 Å². The van der Waals surface area contributed by atoms with Gasteiger partial charge in [-0.2, -0.15) is 0 Å². The van der Waals surface area contributed by atoms with Gasteiger partial charge in [-0.15, -0.1) is 0 Å². The zero-order valence-corrected chi connectivity index (χ0v) is 16.7. The monoisotopic (exact) mass is 409 g/mol. The maximum atomic E-state index is 12.4. The molecule has 27 heavy (non-hydrogen) atoms. The number of rotatable bonds is 6. The summed E-state index contributed by atoms with van der Waals surface area (Å²) in [4.78, 5) is 25.8. The molecule has 144 valence electrons. The smallest absolute Gasteiger partial charge is 0.253 e. The predicted octanol–water partition coefficient (Wildman–Crippen LogP) is 2.45. The summed E-state index contributed by atoms with van der Waals surface area (Å²) >= 11 is 5.92. The molecule has 0 aliphatic heterocycles. The van der Waals surface area contributed by atoms with E-state index in [2.05, 4.69) is 5.32 Å². The largest absolute Gasteiger partial charge is 0.345 e. The standard InChI is InChI=1S/C18H20ClN3O4S/c1-21(2)18(24)13-6-4-8-15(10-13)20-17(23)12-22(27(3,25)26)16-9-5-7-14(19)11-16/h4-11H,12H2,1-3H3,(H,20,23). The molecule has 0 bridgehead atoms. The third-order valence-corrected chi connectivity index (χ3v) is 4.96. The number of carbonyl (C=O) groups excluding carboxylic acids is 2. The number of hydrogen-bond acceptors (Lipinski definition) is 4. The van der Waals surface area contributed by atoms with Gasteiger partial charge in [-0.1, -0.05) is 23.7 Å². The van der Waals surface area contributed by atoms with E-state index in [9.17, 15) is 18.0 Å². The molecule has 9 heteroatoms. The Balaban J connectivity index is 2.20. The fourth-order valence-corrected chi connectivity index (χ4v) is 3.38. The number of nitrogens with one attached hydrogen (secondary N) is 1. The summed E-state index contributed by atoms with van der Waals surface area (Å²) in [6.07, 6.45) is 1.01. The maximum Gasteiger partial charge on any atom is 0.253 e. The van der Waals surface area contributed by atoms with Crippen LogP contribution in [-0.4, -0.2) is 52.0 Å². The van der Waals surface area contributed by atoms with Crippen molar-refractivity contribution < 1.29 is 18.0 Å². The van der Waals surface area contributed by atoms with Crippen LogP contribution in [-0.2, 0) is 14.8 Å². The molecule has 0 spiro atoms. The minimum atomic E-state index is -3.70. The third kappa shape index (κ3) is 5.70. The summed E-state index contributed by atoms with van der Waals surface area (Å²) in [5, 5.41) is 2.97. The van der Waals surface area contributed by atoms with Gasteiger partial charge in [-0.25, -0.2) is 8.42 Å². The molecule has 2 aromatic rings. The SMILES string of the molecule is CN(C)C(=O)c1cccc(NC(=O)CN(c2cccc(Cl)c2)S(C)(=O)=O)c1. The summed E-state index contributed by atoms with van der Waals surface area (Å²) in [5.74, 6) is -0.752. The van der Waals surface area contributed by atoms with Crippen LogP contribution in [0.1, 0.15) is 10.4 Å². The van der Waals surface area contributed by atoms with Gasteiger partial charge in [0.25, 0.3) is 5.91 Å². The van der Waals surface area contributed by atoms with Gasteiger partial charge >= 0.3 is 0 Å². The lowest BCUT2D eigenvalue weighted by Crippen LogP contribution is -2.37. The van der Waals surface area contributed by atoms with Gasteiger partial charge in [0.1, 0.15) is 6.54 Å². The van der Waals surface area contributed by atoms with Crippen molar-refractivity contribution in [2.75, 3.05) is 36.5 Å². The van der Waals surface area contributed by atoms with Crippen LogP contribution in [0.15, 0.2) is 48.5 Å². The summed E-state index contributed by atoms with van der Waals surface area (Å²) < 4.78 is 25.2. The normalized spacial score (nSPS) is 11.0. The Bertz CT molecular complexity index is 961. The average Bonchev–Trinajstić information content (AvgIpc) is 2.58. The molecule has 2 aromatic carbocycles. The molecule has 0 unspecified atom stereocenters. The first-order chi connectivity index (χ1) is 12.6. The molecule has 0 fully saturated rings. The number of amides is 2. The topological polar surface area (TPSA) is 86.8 Å². The number of benzene rings is 2. The minimum absolute atomic E-state index is 0.206. The second kappa shape index (κ2) is 8.41. The van der Waals surface area contributed by atoms with Crippen LogP contribution in [0.4, 0.5) is 11.4 Å². The van der Waals surface area contributed by atoms with Gasteiger partial charge < -0.3 is 10.2 Å². The molecular weight excluding hydrogens is 390 g/mol. The molecule has 0 saturated heterocycles. The lowest BCUT2D eigenvalue weighted by Gasteiger charge is -2.22. The average molecular weight is 410 g/mol. The van der Waals surface area contributed by atoms with E-state index in [0.29, 0.717) is 16.3 Å². The Kier molecular flexibility index (Phi) is 6.45. The van der Waals surface area contributed by atoms with Crippen LogP contribution in [0.3, 0.4) is 0 Å². The molecule has 0 aromatic heterocycles. The van der Waals surface area contributed by atoms with E-state index in [1.807, 2.05) is 0 Å². The number of hydrogen-bond donors (Lipinski definition) is 1. The predicted molar refractivity (Wildman–Crippen MR) is 107 cm³/mol. The molecule has 0 saturated carbocycles. The zero-order chi connectivity index (χ0) is 20.2.